The van der Waals surface area contributed by atoms with Gasteiger partial charge in [0.15, 0.2) is 11.5 Å². The van der Waals surface area contributed by atoms with Crippen LogP contribution in [0.25, 0.3) is 6.08 Å². The summed E-state index contributed by atoms with van der Waals surface area (Å²) in [4.78, 5) is 2.16. The largest absolute Gasteiger partial charge is 0.493 e. The summed E-state index contributed by atoms with van der Waals surface area (Å²) in [6, 6.07) is 5.72. The molecule has 5 heteroatoms. The van der Waals surface area contributed by atoms with E-state index in [1.807, 2.05) is 37.3 Å². The van der Waals surface area contributed by atoms with Crippen molar-refractivity contribution in [2.45, 2.75) is 32.0 Å². The minimum absolute atomic E-state index is 0.195. The predicted octanol–water partition coefficient (Wildman–Crippen LogP) is 1.92. The minimum Gasteiger partial charge on any atom is -0.493 e. The molecule has 1 saturated heterocycles. The van der Waals surface area contributed by atoms with Gasteiger partial charge >= 0.3 is 0 Å². The summed E-state index contributed by atoms with van der Waals surface area (Å²) in [5, 5.41) is 19.6. The van der Waals surface area contributed by atoms with Crippen LogP contribution in [0.5, 0.6) is 11.5 Å². The number of ether oxygens (including phenoxy) is 2. The standard InChI is InChI=1S/C18H27NO4/c1-3-4-14-5-6-17(18(11-14)22-2)23-13-16(21)12-19-9-7-15(20)8-10-19/h3-6,11,15-16,20-21H,7-10,12-13H2,1-2H3/b4-3+. The molecule has 2 rings (SSSR count). The Kier molecular flexibility index (Phi) is 6.89. The van der Waals surface area contributed by atoms with Gasteiger partial charge in [-0.15, -0.1) is 0 Å². The van der Waals surface area contributed by atoms with Gasteiger partial charge in [0.05, 0.1) is 13.2 Å². The van der Waals surface area contributed by atoms with E-state index in [1.54, 1.807) is 7.11 Å². The highest BCUT2D eigenvalue weighted by molar-refractivity contribution is 5.55. The van der Waals surface area contributed by atoms with Gasteiger partial charge < -0.3 is 24.6 Å². The monoisotopic (exact) mass is 321 g/mol. The van der Waals surface area contributed by atoms with E-state index in [0.717, 1.165) is 31.5 Å². The number of aliphatic hydroxyl groups is 2. The van der Waals surface area contributed by atoms with E-state index in [9.17, 15) is 10.2 Å². The summed E-state index contributed by atoms with van der Waals surface area (Å²) in [5.74, 6) is 1.29. The quantitative estimate of drug-likeness (QED) is 0.803. The summed E-state index contributed by atoms with van der Waals surface area (Å²) in [5.41, 5.74) is 1.05. The lowest BCUT2D eigenvalue weighted by atomic mass is 10.1. The Morgan fingerprint density at radius 1 is 1.30 bits per heavy atom. The molecular formula is C18H27NO4. The molecule has 0 amide bonds. The normalized spacial score (nSPS) is 18.3. The fourth-order valence-electron chi connectivity index (χ4n) is 2.74. The highest BCUT2D eigenvalue weighted by Crippen LogP contribution is 2.28. The zero-order valence-electron chi connectivity index (χ0n) is 13.9. The number of β-amino-alcohol motifs (C(OH)–C–C–N with tert-alkyl or cyclic N) is 1. The average Bonchev–Trinajstić information content (AvgIpc) is 2.56. The SMILES string of the molecule is C/C=C/c1ccc(OCC(O)CN2CCC(O)CC2)c(OC)c1. The third kappa shape index (κ3) is 5.53. The smallest absolute Gasteiger partial charge is 0.161 e. The van der Waals surface area contributed by atoms with Crippen molar-refractivity contribution < 1.29 is 19.7 Å². The molecule has 23 heavy (non-hydrogen) atoms. The molecular weight excluding hydrogens is 294 g/mol. The highest BCUT2D eigenvalue weighted by Gasteiger charge is 2.19. The van der Waals surface area contributed by atoms with E-state index in [4.69, 9.17) is 9.47 Å². The molecule has 1 heterocycles. The van der Waals surface area contributed by atoms with Crippen LogP contribution in [0.3, 0.4) is 0 Å². The summed E-state index contributed by atoms with van der Waals surface area (Å²) in [6.45, 7) is 4.39. The van der Waals surface area contributed by atoms with E-state index >= 15 is 0 Å². The van der Waals surface area contributed by atoms with Gasteiger partial charge in [-0.1, -0.05) is 18.2 Å². The Balaban J connectivity index is 1.84. The second-order valence-corrected chi connectivity index (χ2v) is 5.91. The van der Waals surface area contributed by atoms with E-state index < -0.39 is 6.10 Å². The third-order valence-corrected chi connectivity index (χ3v) is 4.00. The highest BCUT2D eigenvalue weighted by atomic mass is 16.5. The number of benzene rings is 1. The van der Waals surface area contributed by atoms with Crippen LogP contribution in [0.15, 0.2) is 24.3 Å². The third-order valence-electron chi connectivity index (χ3n) is 4.00. The van der Waals surface area contributed by atoms with Crippen LogP contribution in [0.4, 0.5) is 0 Å². The number of methoxy groups -OCH3 is 1. The number of rotatable bonds is 7. The van der Waals surface area contributed by atoms with Crippen molar-refractivity contribution in [3.63, 3.8) is 0 Å². The van der Waals surface area contributed by atoms with Gasteiger partial charge in [-0.2, -0.15) is 0 Å². The molecule has 1 fully saturated rings. The molecule has 1 atom stereocenters. The van der Waals surface area contributed by atoms with Gasteiger partial charge in [0.1, 0.15) is 12.7 Å². The lowest BCUT2D eigenvalue weighted by molar-refractivity contribution is 0.0333. The predicted molar refractivity (Wildman–Crippen MR) is 90.9 cm³/mol. The van der Waals surface area contributed by atoms with Gasteiger partial charge in [0.25, 0.3) is 0 Å². The number of piperidine rings is 1. The molecule has 1 aromatic carbocycles. The van der Waals surface area contributed by atoms with Gasteiger partial charge in [-0.3, -0.25) is 0 Å². The summed E-state index contributed by atoms with van der Waals surface area (Å²) in [7, 11) is 1.61. The van der Waals surface area contributed by atoms with Gasteiger partial charge in [-0.25, -0.2) is 0 Å². The lowest BCUT2D eigenvalue weighted by Gasteiger charge is -2.30. The number of nitrogens with zero attached hydrogens (tertiary/aromatic N) is 1. The number of hydrogen-bond donors (Lipinski definition) is 2. The minimum atomic E-state index is -0.565. The van der Waals surface area contributed by atoms with Crippen molar-refractivity contribution >= 4 is 6.08 Å². The topological polar surface area (TPSA) is 62.2 Å². The zero-order valence-corrected chi connectivity index (χ0v) is 13.9. The van der Waals surface area contributed by atoms with Crippen molar-refractivity contribution in [3.8, 4) is 11.5 Å². The Bertz CT molecular complexity index is 510. The summed E-state index contributed by atoms with van der Waals surface area (Å²) < 4.78 is 11.1. The van der Waals surface area contributed by atoms with Crippen molar-refractivity contribution in [1.82, 2.24) is 4.90 Å². The maximum absolute atomic E-state index is 10.1. The Morgan fingerprint density at radius 3 is 2.70 bits per heavy atom. The molecule has 0 bridgehead atoms. The fraction of sp³-hybridized carbons (Fsp3) is 0.556. The van der Waals surface area contributed by atoms with Gasteiger partial charge in [-0.05, 0) is 37.5 Å². The molecule has 0 saturated carbocycles. The second-order valence-electron chi connectivity index (χ2n) is 5.91. The van der Waals surface area contributed by atoms with Crippen LogP contribution in [0.1, 0.15) is 25.3 Å². The summed E-state index contributed by atoms with van der Waals surface area (Å²) >= 11 is 0. The first-order valence-electron chi connectivity index (χ1n) is 8.14. The second kappa shape index (κ2) is 8.91. The fourth-order valence-corrected chi connectivity index (χ4v) is 2.74. The average molecular weight is 321 g/mol. The van der Waals surface area contributed by atoms with Crippen LogP contribution in [0, 0.1) is 0 Å². The zero-order chi connectivity index (χ0) is 16.7. The number of hydrogen-bond acceptors (Lipinski definition) is 5. The summed E-state index contributed by atoms with van der Waals surface area (Å²) in [6.07, 6.45) is 4.74. The first-order valence-corrected chi connectivity index (χ1v) is 8.14. The van der Waals surface area contributed by atoms with Gasteiger partial charge in [0, 0.05) is 19.6 Å². The van der Waals surface area contributed by atoms with Crippen LogP contribution in [-0.4, -0.2) is 60.7 Å². The van der Waals surface area contributed by atoms with E-state index in [1.165, 1.54) is 0 Å². The van der Waals surface area contributed by atoms with E-state index in [-0.39, 0.29) is 12.7 Å². The molecule has 1 aliphatic rings. The van der Waals surface area contributed by atoms with Crippen molar-refractivity contribution in [3.05, 3.63) is 29.8 Å². The molecule has 1 unspecified atom stereocenters. The van der Waals surface area contributed by atoms with Crippen LogP contribution in [0.2, 0.25) is 0 Å². The van der Waals surface area contributed by atoms with Crippen LogP contribution in [-0.2, 0) is 0 Å². The Morgan fingerprint density at radius 2 is 2.04 bits per heavy atom. The molecule has 0 aromatic heterocycles. The van der Waals surface area contributed by atoms with Crippen molar-refractivity contribution in [1.29, 1.82) is 0 Å². The maximum atomic E-state index is 10.1. The van der Waals surface area contributed by atoms with E-state index in [0.29, 0.717) is 18.0 Å². The van der Waals surface area contributed by atoms with E-state index in [2.05, 4.69) is 4.90 Å². The molecule has 2 N–H and O–H groups in total. The molecule has 1 aliphatic heterocycles. The van der Waals surface area contributed by atoms with Crippen molar-refractivity contribution in [2.24, 2.45) is 0 Å². The van der Waals surface area contributed by atoms with Gasteiger partial charge in [0.2, 0.25) is 0 Å². The molecule has 0 radical (unpaired) electrons. The number of aliphatic hydroxyl groups excluding tert-OH is 2. The molecule has 1 aromatic rings. The first-order chi connectivity index (χ1) is 11.1. The van der Waals surface area contributed by atoms with Crippen LogP contribution >= 0.6 is 0 Å². The Labute approximate surface area is 138 Å². The maximum Gasteiger partial charge on any atom is 0.161 e. The number of likely N-dealkylation sites (tertiary alicyclic amines) is 1. The number of allylic oxidation sites excluding steroid dienone is 1. The van der Waals surface area contributed by atoms with Crippen LogP contribution < -0.4 is 9.47 Å². The van der Waals surface area contributed by atoms with Crippen molar-refractivity contribution in [2.75, 3.05) is 33.4 Å². The molecule has 0 spiro atoms. The molecule has 5 nitrogen and oxygen atoms in total. The Hall–Kier alpha value is -1.56. The first kappa shape index (κ1) is 17.8. The lowest BCUT2D eigenvalue weighted by Crippen LogP contribution is -2.41. The molecule has 128 valence electrons. The molecule has 0 aliphatic carbocycles.